The van der Waals surface area contributed by atoms with E-state index in [1.807, 2.05) is 6.92 Å². The number of hydrogen-bond acceptors (Lipinski definition) is 4. The van der Waals surface area contributed by atoms with E-state index in [0.29, 0.717) is 25.0 Å². The van der Waals surface area contributed by atoms with Crippen molar-refractivity contribution in [2.45, 2.75) is 6.92 Å². The Balaban J connectivity index is 2.41. The Bertz CT molecular complexity index is 249. The molecule has 1 rings (SSSR count). The average Bonchev–Trinajstić information content (AvgIpc) is 2.16. The molecule has 0 saturated carbocycles. The lowest BCUT2D eigenvalue weighted by Crippen LogP contribution is -2.20. The first-order valence-electron chi connectivity index (χ1n) is 4.14. The first kappa shape index (κ1) is 9.85. The molecule has 0 aromatic carbocycles. The lowest BCUT2D eigenvalue weighted by atomic mass is 10.2. The Hall–Kier alpha value is -1.23. The Morgan fingerprint density at radius 3 is 2.69 bits per heavy atom. The summed E-state index contributed by atoms with van der Waals surface area (Å²) < 4.78 is 12.4. The summed E-state index contributed by atoms with van der Waals surface area (Å²) in [5, 5.41) is 2.95. The van der Waals surface area contributed by atoms with Gasteiger partial charge in [0, 0.05) is 6.54 Å². The third-order valence-corrected chi connectivity index (χ3v) is 1.63. The molecule has 5 heteroatoms. The fraction of sp³-hybridized carbons (Fsp3) is 0.500. The monoisotopic (exact) mass is 184 g/mol. The number of nitrogens with two attached hydrogens (primary N) is 1. The van der Waals surface area contributed by atoms with E-state index in [1.54, 1.807) is 0 Å². The number of nitrogens with one attached hydrogen (secondary N) is 1. The molecular formula is C8H13FN4. The first-order chi connectivity index (χ1) is 6.22. The lowest BCUT2D eigenvalue weighted by molar-refractivity contribution is 0.608. The summed E-state index contributed by atoms with van der Waals surface area (Å²) in [5.41, 5.74) is 5.42. The van der Waals surface area contributed by atoms with Crippen molar-refractivity contribution in [1.29, 1.82) is 0 Å². The van der Waals surface area contributed by atoms with Crippen LogP contribution in [0.25, 0.3) is 0 Å². The first-order valence-corrected chi connectivity index (χ1v) is 4.14. The Kier molecular flexibility index (Phi) is 3.57. The minimum atomic E-state index is -0.433. The molecule has 1 aromatic rings. The zero-order valence-corrected chi connectivity index (χ0v) is 7.50. The van der Waals surface area contributed by atoms with E-state index in [0.717, 1.165) is 12.4 Å². The highest BCUT2D eigenvalue weighted by molar-refractivity contribution is 5.22. The van der Waals surface area contributed by atoms with E-state index in [4.69, 9.17) is 5.73 Å². The predicted molar refractivity (Wildman–Crippen MR) is 48.7 cm³/mol. The van der Waals surface area contributed by atoms with Gasteiger partial charge in [-0.25, -0.2) is 14.4 Å². The Morgan fingerprint density at radius 1 is 1.54 bits per heavy atom. The van der Waals surface area contributed by atoms with Crippen LogP contribution in [0.1, 0.15) is 6.92 Å². The third kappa shape index (κ3) is 3.33. The van der Waals surface area contributed by atoms with Gasteiger partial charge in [0.25, 0.3) is 0 Å². The number of aromatic nitrogens is 2. The summed E-state index contributed by atoms with van der Waals surface area (Å²) in [7, 11) is 0. The van der Waals surface area contributed by atoms with Crippen molar-refractivity contribution in [3.8, 4) is 0 Å². The molecule has 0 radical (unpaired) electrons. The summed E-state index contributed by atoms with van der Waals surface area (Å²) in [4.78, 5) is 7.49. The number of halogens is 1. The molecule has 4 nitrogen and oxygen atoms in total. The van der Waals surface area contributed by atoms with Gasteiger partial charge in [0.1, 0.15) is 0 Å². The average molecular weight is 184 g/mol. The van der Waals surface area contributed by atoms with Gasteiger partial charge in [-0.15, -0.1) is 0 Å². The lowest BCUT2D eigenvalue weighted by Gasteiger charge is -2.08. The standard InChI is InChI=1S/C8H13FN4/c1-6(2-10)3-11-8-12-4-7(9)5-13-8/h4-6H,2-3,10H2,1H3,(H,11,12,13). The fourth-order valence-electron chi connectivity index (χ4n) is 0.752. The number of rotatable bonds is 4. The zero-order valence-electron chi connectivity index (χ0n) is 7.50. The molecule has 0 aliphatic heterocycles. The van der Waals surface area contributed by atoms with Crippen LogP contribution in [0.5, 0.6) is 0 Å². The highest BCUT2D eigenvalue weighted by Crippen LogP contribution is 1.99. The Morgan fingerprint density at radius 2 is 2.15 bits per heavy atom. The van der Waals surface area contributed by atoms with Gasteiger partial charge < -0.3 is 11.1 Å². The molecule has 0 fully saturated rings. The van der Waals surface area contributed by atoms with Crippen LogP contribution >= 0.6 is 0 Å². The summed E-state index contributed by atoms with van der Waals surface area (Å²) in [5.74, 6) is 0.354. The zero-order chi connectivity index (χ0) is 9.68. The molecule has 13 heavy (non-hydrogen) atoms. The molecule has 72 valence electrons. The number of nitrogens with zero attached hydrogens (tertiary/aromatic N) is 2. The smallest absolute Gasteiger partial charge is 0.222 e. The molecule has 3 N–H and O–H groups in total. The van der Waals surface area contributed by atoms with Crippen molar-refractivity contribution in [1.82, 2.24) is 9.97 Å². The highest BCUT2D eigenvalue weighted by atomic mass is 19.1. The quantitative estimate of drug-likeness (QED) is 0.720. The number of anilines is 1. The van der Waals surface area contributed by atoms with Crippen LogP contribution in [-0.2, 0) is 0 Å². The predicted octanol–water partition coefficient (Wildman–Crippen LogP) is 0.622. The van der Waals surface area contributed by atoms with Crippen LogP contribution in [0.3, 0.4) is 0 Å². The molecule has 0 saturated heterocycles. The van der Waals surface area contributed by atoms with E-state index in [2.05, 4.69) is 15.3 Å². The van der Waals surface area contributed by atoms with Crippen LogP contribution < -0.4 is 11.1 Å². The van der Waals surface area contributed by atoms with Crippen LogP contribution in [0.2, 0.25) is 0 Å². The van der Waals surface area contributed by atoms with Crippen LogP contribution in [0, 0.1) is 11.7 Å². The van der Waals surface area contributed by atoms with E-state index >= 15 is 0 Å². The largest absolute Gasteiger partial charge is 0.354 e. The van der Waals surface area contributed by atoms with E-state index in [-0.39, 0.29) is 0 Å². The van der Waals surface area contributed by atoms with Crippen molar-refractivity contribution >= 4 is 5.95 Å². The normalized spacial score (nSPS) is 12.5. The molecule has 0 amide bonds. The second-order valence-corrected chi connectivity index (χ2v) is 2.95. The Labute approximate surface area is 76.4 Å². The summed E-state index contributed by atoms with van der Waals surface area (Å²) >= 11 is 0. The molecule has 1 aromatic heterocycles. The molecule has 1 atom stereocenters. The van der Waals surface area contributed by atoms with Crippen molar-refractivity contribution in [3.63, 3.8) is 0 Å². The molecule has 0 bridgehead atoms. The maximum absolute atomic E-state index is 12.4. The molecule has 1 heterocycles. The minimum absolute atomic E-state index is 0.355. The summed E-state index contributed by atoms with van der Waals surface area (Å²) in [6.45, 7) is 3.31. The molecule has 0 aliphatic rings. The van der Waals surface area contributed by atoms with Crippen molar-refractivity contribution in [3.05, 3.63) is 18.2 Å². The summed E-state index contributed by atoms with van der Waals surface area (Å²) in [6.07, 6.45) is 2.25. The van der Waals surface area contributed by atoms with E-state index in [9.17, 15) is 4.39 Å². The topological polar surface area (TPSA) is 63.8 Å². The van der Waals surface area contributed by atoms with Crippen LogP contribution in [-0.4, -0.2) is 23.1 Å². The highest BCUT2D eigenvalue weighted by Gasteiger charge is 2.00. The van der Waals surface area contributed by atoms with Gasteiger partial charge in [0.05, 0.1) is 12.4 Å². The van der Waals surface area contributed by atoms with Gasteiger partial charge in [-0.3, -0.25) is 0 Å². The van der Waals surface area contributed by atoms with Gasteiger partial charge in [0.2, 0.25) is 5.95 Å². The maximum atomic E-state index is 12.4. The van der Waals surface area contributed by atoms with Crippen molar-refractivity contribution in [2.24, 2.45) is 11.7 Å². The fourth-order valence-corrected chi connectivity index (χ4v) is 0.752. The van der Waals surface area contributed by atoms with Crippen molar-refractivity contribution in [2.75, 3.05) is 18.4 Å². The van der Waals surface area contributed by atoms with Gasteiger partial charge in [-0.05, 0) is 12.5 Å². The maximum Gasteiger partial charge on any atom is 0.222 e. The number of hydrogen-bond donors (Lipinski definition) is 2. The molecule has 0 aliphatic carbocycles. The van der Waals surface area contributed by atoms with Crippen molar-refractivity contribution < 1.29 is 4.39 Å². The molecular weight excluding hydrogens is 171 g/mol. The minimum Gasteiger partial charge on any atom is -0.354 e. The second-order valence-electron chi connectivity index (χ2n) is 2.95. The van der Waals surface area contributed by atoms with Gasteiger partial charge in [-0.2, -0.15) is 0 Å². The van der Waals surface area contributed by atoms with Crippen LogP contribution in [0.15, 0.2) is 12.4 Å². The summed E-state index contributed by atoms with van der Waals surface area (Å²) in [6, 6.07) is 0. The van der Waals surface area contributed by atoms with E-state index < -0.39 is 5.82 Å². The molecule has 1 unspecified atom stereocenters. The second kappa shape index (κ2) is 4.71. The van der Waals surface area contributed by atoms with Crippen LogP contribution in [0.4, 0.5) is 10.3 Å². The third-order valence-electron chi connectivity index (χ3n) is 1.63. The van der Waals surface area contributed by atoms with Gasteiger partial charge in [0.15, 0.2) is 5.82 Å². The van der Waals surface area contributed by atoms with E-state index in [1.165, 1.54) is 0 Å². The molecule has 0 spiro atoms. The SMILES string of the molecule is CC(CN)CNc1ncc(F)cn1. The van der Waals surface area contributed by atoms with Gasteiger partial charge in [-0.1, -0.05) is 6.92 Å². The van der Waals surface area contributed by atoms with Gasteiger partial charge >= 0.3 is 0 Å².